The molecule has 2 amide bonds. The largest absolute Gasteiger partial charge is 0.341 e. The second-order valence-corrected chi connectivity index (χ2v) is 11.2. The van der Waals surface area contributed by atoms with Crippen LogP contribution in [0.15, 0.2) is 53.8 Å². The van der Waals surface area contributed by atoms with E-state index in [2.05, 4.69) is 46.7 Å². The number of hydrogen-bond donors (Lipinski definition) is 2. The zero-order valence-electron chi connectivity index (χ0n) is 23.0. The van der Waals surface area contributed by atoms with Crippen molar-refractivity contribution in [2.24, 2.45) is 4.99 Å². The molecular formula is C32H46N4O2. The van der Waals surface area contributed by atoms with Gasteiger partial charge in [-0.25, -0.2) is 9.86 Å². The SMILES string of the molecule is O=C(NC1CCCCC1)N(O)CCCCCCCCCCCCC1(c2cccnc2)C=c2ccccc2=N1. The Morgan fingerprint density at radius 2 is 1.58 bits per heavy atom. The van der Waals surface area contributed by atoms with Crippen LogP contribution in [0.1, 0.15) is 108 Å². The number of para-hydroxylation sites is 1. The van der Waals surface area contributed by atoms with Crippen molar-refractivity contribution in [3.05, 3.63) is 64.9 Å². The number of carbonyl (C=O) groups is 1. The van der Waals surface area contributed by atoms with Gasteiger partial charge in [0.25, 0.3) is 0 Å². The fourth-order valence-electron chi connectivity index (χ4n) is 5.92. The second kappa shape index (κ2) is 15.0. The molecule has 206 valence electrons. The van der Waals surface area contributed by atoms with Gasteiger partial charge in [-0.2, -0.15) is 0 Å². The Hall–Kier alpha value is -2.73. The Bertz CT molecular complexity index is 1060. The van der Waals surface area contributed by atoms with Gasteiger partial charge in [-0.3, -0.25) is 15.2 Å². The molecule has 1 aliphatic carbocycles. The normalized spacial score (nSPS) is 18.9. The summed E-state index contributed by atoms with van der Waals surface area (Å²) >= 11 is 0. The molecule has 6 heteroatoms. The standard InChI is InChI=1S/C32H46N4O2/c37-31(34-29-19-10-9-11-20-29)36(38)24-15-8-6-4-2-1-3-5-7-14-22-32(28-18-16-23-33-26-28)25-27-17-12-13-21-30(27)35-32/h12-13,16-18,21,23,25-26,29,38H,1-11,14-15,19-20,22,24H2,(H,34,37). The highest BCUT2D eigenvalue weighted by Gasteiger charge is 2.31. The third-order valence-corrected chi connectivity index (χ3v) is 8.16. The van der Waals surface area contributed by atoms with Crippen molar-refractivity contribution in [1.82, 2.24) is 15.4 Å². The summed E-state index contributed by atoms with van der Waals surface area (Å²) in [5.74, 6) is 0. The van der Waals surface area contributed by atoms with Crippen molar-refractivity contribution in [2.45, 2.75) is 114 Å². The molecule has 1 unspecified atom stereocenters. The predicted molar refractivity (Wildman–Crippen MR) is 152 cm³/mol. The van der Waals surface area contributed by atoms with E-state index in [4.69, 9.17) is 4.99 Å². The van der Waals surface area contributed by atoms with E-state index in [1.165, 1.54) is 75.0 Å². The maximum Gasteiger partial charge on any atom is 0.341 e. The van der Waals surface area contributed by atoms with E-state index in [9.17, 15) is 10.0 Å². The van der Waals surface area contributed by atoms with Crippen LogP contribution in [0.25, 0.3) is 6.08 Å². The predicted octanol–water partition coefficient (Wildman–Crippen LogP) is 6.42. The van der Waals surface area contributed by atoms with E-state index in [0.29, 0.717) is 6.54 Å². The second-order valence-electron chi connectivity index (χ2n) is 11.2. The summed E-state index contributed by atoms with van der Waals surface area (Å²) in [5.41, 5.74) is 0.906. The smallest absolute Gasteiger partial charge is 0.333 e. The van der Waals surface area contributed by atoms with Gasteiger partial charge in [-0.1, -0.05) is 101 Å². The minimum Gasteiger partial charge on any atom is -0.333 e. The topological polar surface area (TPSA) is 77.8 Å². The lowest BCUT2D eigenvalue weighted by Gasteiger charge is -2.25. The monoisotopic (exact) mass is 518 g/mol. The van der Waals surface area contributed by atoms with E-state index in [1.807, 2.05) is 18.5 Å². The number of hydroxylamine groups is 2. The first-order chi connectivity index (χ1) is 18.7. The molecule has 1 aliphatic heterocycles. The Morgan fingerprint density at radius 1 is 0.895 bits per heavy atom. The highest BCUT2D eigenvalue weighted by atomic mass is 16.5. The van der Waals surface area contributed by atoms with E-state index < -0.39 is 0 Å². The number of benzene rings is 1. The summed E-state index contributed by atoms with van der Waals surface area (Å²) in [7, 11) is 0. The first-order valence-electron chi connectivity index (χ1n) is 15.0. The van der Waals surface area contributed by atoms with Crippen LogP contribution in [0, 0.1) is 0 Å². The summed E-state index contributed by atoms with van der Waals surface area (Å²) in [4.78, 5) is 21.6. The molecule has 2 aliphatic rings. The van der Waals surface area contributed by atoms with Crippen molar-refractivity contribution < 1.29 is 10.0 Å². The zero-order chi connectivity index (χ0) is 26.5. The summed E-state index contributed by atoms with van der Waals surface area (Å²) in [6.45, 7) is 0.424. The number of fused-ring (bicyclic) bond motifs is 1. The Balaban J connectivity index is 1.04. The number of amides is 2. The van der Waals surface area contributed by atoms with Crippen LogP contribution in [0.3, 0.4) is 0 Å². The van der Waals surface area contributed by atoms with Gasteiger partial charge in [0.15, 0.2) is 0 Å². The lowest BCUT2D eigenvalue weighted by atomic mass is 9.86. The first-order valence-corrected chi connectivity index (χ1v) is 15.0. The van der Waals surface area contributed by atoms with Gasteiger partial charge in [0, 0.05) is 24.0 Å². The van der Waals surface area contributed by atoms with Gasteiger partial charge in [0.2, 0.25) is 0 Å². The third kappa shape index (κ3) is 8.39. The van der Waals surface area contributed by atoms with Crippen molar-refractivity contribution in [2.75, 3.05) is 6.54 Å². The molecule has 0 saturated heterocycles. The number of carbonyl (C=O) groups excluding carboxylic acids is 1. The molecule has 0 bridgehead atoms. The molecular weight excluding hydrogens is 472 g/mol. The molecule has 2 aromatic rings. The van der Waals surface area contributed by atoms with Crippen LogP contribution in [-0.4, -0.2) is 33.9 Å². The Morgan fingerprint density at radius 3 is 2.26 bits per heavy atom. The fraction of sp³-hybridized carbons (Fsp3) is 0.594. The number of rotatable bonds is 15. The quantitative estimate of drug-likeness (QED) is 0.162. The van der Waals surface area contributed by atoms with Crippen molar-refractivity contribution in [1.29, 1.82) is 0 Å². The highest BCUT2D eigenvalue weighted by Crippen LogP contribution is 2.34. The van der Waals surface area contributed by atoms with Gasteiger partial charge in [0.1, 0.15) is 5.54 Å². The third-order valence-electron chi connectivity index (χ3n) is 8.16. The first kappa shape index (κ1) is 28.3. The number of unbranched alkanes of at least 4 members (excludes halogenated alkanes) is 9. The number of hydrogen-bond acceptors (Lipinski definition) is 4. The molecule has 2 N–H and O–H groups in total. The van der Waals surface area contributed by atoms with Gasteiger partial charge in [0.05, 0.1) is 11.9 Å². The maximum atomic E-state index is 12.1. The highest BCUT2D eigenvalue weighted by molar-refractivity contribution is 5.73. The average molecular weight is 519 g/mol. The summed E-state index contributed by atoms with van der Waals surface area (Å²) < 4.78 is 0. The minimum absolute atomic E-state index is 0.237. The van der Waals surface area contributed by atoms with Crippen LogP contribution in [0.5, 0.6) is 0 Å². The molecule has 1 aromatic heterocycles. The van der Waals surface area contributed by atoms with Crippen LogP contribution in [-0.2, 0) is 5.54 Å². The van der Waals surface area contributed by atoms with Crippen LogP contribution in [0.2, 0.25) is 0 Å². The van der Waals surface area contributed by atoms with Crippen molar-refractivity contribution >= 4 is 12.1 Å². The van der Waals surface area contributed by atoms with Gasteiger partial charge >= 0.3 is 6.03 Å². The molecule has 1 atom stereocenters. The zero-order valence-corrected chi connectivity index (χ0v) is 23.0. The lowest BCUT2D eigenvalue weighted by molar-refractivity contribution is -0.0454. The number of aromatic nitrogens is 1. The van der Waals surface area contributed by atoms with Gasteiger partial charge in [-0.15, -0.1) is 0 Å². The van der Waals surface area contributed by atoms with E-state index in [-0.39, 0.29) is 17.6 Å². The molecule has 1 aromatic carbocycles. The van der Waals surface area contributed by atoms with Crippen LogP contribution < -0.4 is 15.9 Å². The van der Waals surface area contributed by atoms with Crippen LogP contribution in [0.4, 0.5) is 4.79 Å². The number of pyridine rings is 1. The van der Waals surface area contributed by atoms with Gasteiger partial charge < -0.3 is 5.32 Å². The molecule has 4 rings (SSSR count). The minimum atomic E-state index is -0.327. The van der Waals surface area contributed by atoms with Crippen molar-refractivity contribution in [3.63, 3.8) is 0 Å². The average Bonchev–Trinajstić information content (AvgIpc) is 3.34. The molecule has 6 nitrogen and oxygen atoms in total. The Kier molecular flexibility index (Phi) is 11.2. The molecule has 0 radical (unpaired) electrons. The van der Waals surface area contributed by atoms with Gasteiger partial charge in [-0.05, 0) is 49.1 Å². The van der Waals surface area contributed by atoms with E-state index in [0.717, 1.165) is 48.9 Å². The van der Waals surface area contributed by atoms with Crippen molar-refractivity contribution in [3.8, 4) is 0 Å². The summed E-state index contributed by atoms with van der Waals surface area (Å²) in [6, 6.07) is 12.5. The van der Waals surface area contributed by atoms with E-state index >= 15 is 0 Å². The molecule has 1 saturated carbocycles. The number of nitrogens with one attached hydrogen (secondary N) is 1. The number of urea groups is 1. The maximum absolute atomic E-state index is 12.1. The lowest BCUT2D eigenvalue weighted by Crippen LogP contribution is -2.44. The molecule has 1 fully saturated rings. The summed E-state index contributed by atoms with van der Waals surface area (Å²) in [5, 5.41) is 16.2. The molecule has 2 heterocycles. The Labute approximate surface area is 228 Å². The number of nitrogens with zero attached hydrogens (tertiary/aromatic N) is 3. The fourth-order valence-corrected chi connectivity index (χ4v) is 5.92. The molecule has 0 spiro atoms. The summed E-state index contributed by atoms with van der Waals surface area (Å²) in [6.07, 6.45) is 24.7. The van der Waals surface area contributed by atoms with E-state index in [1.54, 1.807) is 0 Å². The van der Waals surface area contributed by atoms with Crippen LogP contribution >= 0.6 is 0 Å². The molecule has 38 heavy (non-hydrogen) atoms.